The number of carbonyl (C=O) groups excluding carboxylic acids is 1. The van der Waals surface area contributed by atoms with Crippen molar-refractivity contribution in [2.45, 2.75) is 19.9 Å². The molecule has 0 radical (unpaired) electrons. The number of morpholine rings is 1. The molecule has 0 bridgehead atoms. The van der Waals surface area contributed by atoms with Gasteiger partial charge in [0.25, 0.3) is 5.91 Å². The zero-order chi connectivity index (χ0) is 20.4. The summed E-state index contributed by atoms with van der Waals surface area (Å²) in [5, 5.41) is 4.14. The van der Waals surface area contributed by atoms with Crippen molar-refractivity contribution in [3.05, 3.63) is 70.7 Å². The van der Waals surface area contributed by atoms with Crippen LogP contribution in [0.25, 0.3) is 10.9 Å². The third-order valence-corrected chi connectivity index (χ3v) is 5.77. The van der Waals surface area contributed by atoms with Gasteiger partial charge in [-0.25, -0.2) is 4.39 Å². The summed E-state index contributed by atoms with van der Waals surface area (Å²) in [6, 6.07) is 12.2. The van der Waals surface area contributed by atoms with Gasteiger partial charge in [0.2, 0.25) is 0 Å². The summed E-state index contributed by atoms with van der Waals surface area (Å²) in [7, 11) is 0. The van der Waals surface area contributed by atoms with E-state index >= 15 is 0 Å². The Kier molecular flexibility index (Phi) is 5.65. The number of aromatic nitrogens is 1. The van der Waals surface area contributed by atoms with Crippen molar-refractivity contribution in [1.29, 1.82) is 0 Å². The quantitative estimate of drug-likeness (QED) is 0.692. The zero-order valence-electron chi connectivity index (χ0n) is 16.8. The van der Waals surface area contributed by atoms with E-state index in [0.717, 1.165) is 40.8 Å². The molecule has 1 aromatic heterocycles. The number of fused-ring (bicyclic) bond motifs is 1. The minimum absolute atomic E-state index is 0.0246. The van der Waals surface area contributed by atoms with Crippen LogP contribution in [-0.2, 0) is 4.74 Å². The first-order chi connectivity index (χ1) is 14.0. The fraction of sp³-hybridized carbons (Fsp3) is 0.348. The molecule has 5 nitrogen and oxygen atoms in total. The monoisotopic (exact) mass is 395 g/mol. The lowest BCUT2D eigenvalue weighted by Crippen LogP contribution is -2.43. The van der Waals surface area contributed by atoms with Crippen molar-refractivity contribution in [3.63, 3.8) is 0 Å². The highest BCUT2D eigenvalue weighted by Gasteiger charge is 2.23. The van der Waals surface area contributed by atoms with Gasteiger partial charge in [-0.1, -0.05) is 12.1 Å². The Balaban J connectivity index is 1.52. The van der Waals surface area contributed by atoms with E-state index in [2.05, 4.69) is 22.1 Å². The number of aromatic amines is 1. The smallest absolute Gasteiger partial charge is 0.251 e. The van der Waals surface area contributed by atoms with E-state index < -0.39 is 0 Å². The standard InChI is InChI=1S/C23H26FN3O2/c1-15-16(2)26-21-8-5-18(13-20(15)21)23(28)25-14-22(27-9-11-29-12-10-27)17-3-6-19(24)7-4-17/h3-8,13,22,26H,9-12,14H2,1-2H3,(H,25,28)/t22-/m1/s1. The molecular formula is C23H26FN3O2. The minimum Gasteiger partial charge on any atom is -0.379 e. The van der Waals surface area contributed by atoms with Crippen molar-refractivity contribution in [2.75, 3.05) is 32.8 Å². The van der Waals surface area contributed by atoms with Gasteiger partial charge in [0.05, 0.1) is 19.3 Å². The van der Waals surface area contributed by atoms with Gasteiger partial charge in [0.1, 0.15) is 5.82 Å². The summed E-state index contributed by atoms with van der Waals surface area (Å²) < 4.78 is 18.8. The molecule has 152 valence electrons. The SMILES string of the molecule is Cc1[nH]c2ccc(C(=O)NC[C@H](c3ccc(F)cc3)N3CCOCC3)cc2c1C. The van der Waals surface area contributed by atoms with E-state index in [0.29, 0.717) is 25.3 Å². The number of H-pyrrole nitrogens is 1. The first-order valence-corrected chi connectivity index (χ1v) is 9.97. The van der Waals surface area contributed by atoms with Crippen molar-refractivity contribution in [2.24, 2.45) is 0 Å². The van der Waals surface area contributed by atoms with Crippen LogP contribution in [-0.4, -0.2) is 48.6 Å². The second-order valence-corrected chi connectivity index (χ2v) is 7.56. The lowest BCUT2D eigenvalue weighted by Gasteiger charge is -2.35. The highest BCUT2D eigenvalue weighted by Crippen LogP contribution is 2.24. The molecule has 2 heterocycles. The summed E-state index contributed by atoms with van der Waals surface area (Å²) in [6.45, 7) is 7.43. The molecule has 29 heavy (non-hydrogen) atoms. The van der Waals surface area contributed by atoms with Gasteiger partial charge >= 0.3 is 0 Å². The first kappa shape index (κ1) is 19.6. The third-order valence-electron chi connectivity index (χ3n) is 5.77. The van der Waals surface area contributed by atoms with Gasteiger partial charge < -0.3 is 15.0 Å². The number of halogens is 1. The summed E-state index contributed by atoms with van der Waals surface area (Å²) in [6.07, 6.45) is 0. The van der Waals surface area contributed by atoms with Crippen LogP contribution < -0.4 is 5.32 Å². The predicted molar refractivity (Wildman–Crippen MR) is 112 cm³/mol. The van der Waals surface area contributed by atoms with Crippen molar-refractivity contribution >= 4 is 16.8 Å². The Morgan fingerprint density at radius 2 is 1.90 bits per heavy atom. The number of hydrogen-bond donors (Lipinski definition) is 2. The van der Waals surface area contributed by atoms with Crippen LogP contribution in [0.5, 0.6) is 0 Å². The minimum atomic E-state index is -0.260. The van der Waals surface area contributed by atoms with E-state index in [1.165, 1.54) is 12.1 Å². The summed E-state index contributed by atoms with van der Waals surface area (Å²) in [5.41, 5.74) is 4.93. The average Bonchev–Trinajstić information content (AvgIpc) is 3.03. The summed E-state index contributed by atoms with van der Waals surface area (Å²) in [5.74, 6) is -0.366. The Morgan fingerprint density at radius 1 is 1.17 bits per heavy atom. The van der Waals surface area contributed by atoms with Crippen molar-refractivity contribution in [1.82, 2.24) is 15.2 Å². The van der Waals surface area contributed by atoms with Crippen LogP contribution in [0.2, 0.25) is 0 Å². The number of hydrogen-bond acceptors (Lipinski definition) is 3. The number of ether oxygens (including phenoxy) is 1. The van der Waals surface area contributed by atoms with E-state index in [1.807, 2.05) is 25.1 Å². The van der Waals surface area contributed by atoms with Crippen LogP contribution in [0.15, 0.2) is 42.5 Å². The molecule has 0 aliphatic carbocycles. The van der Waals surface area contributed by atoms with Gasteiger partial charge in [-0.05, 0) is 55.3 Å². The predicted octanol–water partition coefficient (Wildman–Crippen LogP) is 3.73. The lowest BCUT2D eigenvalue weighted by atomic mass is 10.0. The summed E-state index contributed by atoms with van der Waals surface area (Å²) >= 11 is 0. The number of amides is 1. The molecule has 2 aromatic carbocycles. The van der Waals surface area contributed by atoms with Gasteiger partial charge in [-0.2, -0.15) is 0 Å². The zero-order valence-corrected chi connectivity index (χ0v) is 16.8. The maximum Gasteiger partial charge on any atom is 0.251 e. The fourth-order valence-electron chi connectivity index (χ4n) is 3.93. The van der Waals surface area contributed by atoms with Crippen LogP contribution in [0.4, 0.5) is 4.39 Å². The van der Waals surface area contributed by atoms with Gasteiger partial charge in [0.15, 0.2) is 0 Å². The lowest BCUT2D eigenvalue weighted by molar-refractivity contribution is 0.0162. The van der Waals surface area contributed by atoms with Gasteiger partial charge in [0, 0.05) is 41.8 Å². The second-order valence-electron chi connectivity index (χ2n) is 7.56. The van der Waals surface area contributed by atoms with E-state index in [-0.39, 0.29) is 17.8 Å². The molecule has 6 heteroatoms. The van der Waals surface area contributed by atoms with E-state index in [1.54, 1.807) is 12.1 Å². The summed E-state index contributed by atoms with van der Waals surface area (Å²) in [4.78, 5) is 18.5. The van der Waals surface area contributed by atoms with Crippen LogP contribution >= 0.6 is 0 Å². The molecule has 2 N–H and O–H groups in total. The molecule has 1 aliphatic heterocycles. The maximum atomic E-state index is 13.4. The average molecular weight is 395 g/mol. The fourth-order valence-corrected chi connectivity index (χ4v) is 3.93. The number of nitrogens with one attached hydrogen (secondary N) is 2. The number of aryl methyl sites for hydroxylation is 2. The largest absolute Gasteiger partial charge is 0.379 e. The second kappa shape index (κ2) is 8.35. The molecule has 0 spiro atoms. The van der Waals surface area contributed by atoms with Crippen molar-refractivity contribution in [3.8, 4) is 0 Å². The molecule has 1 fully saturated rings. The molecule has 3 aromatic rings. The number of benzene rings is 2. The van der Waals surface area contributed by atoms with Crippen molar-refractivity contribution < 1.29 is 13.9 Å². The van der Waals surface area contributed by atoms with E-state index in [9.17, 15) is 9.18 Å². The highest BCUT2D eigenvalue weighted by molar-refractivity contribution is 5.99. The van der Waals surface area contributed by atoms with E-state index in [4.69, 9.17) is 4.74 Å². The molecule has 1 saturated heterocycles. The molecule has 4 rings (SSSR count). The van der Waals surface area contributed by atoms with Gasteiger partial charge in [-0.15, -0.1) is 0 Å². The topological polar surface area (TPSA) is 57.4 Å². The molecule has 0 saturated carbocycles. The molecule has 0 unspecified atom stereocenters. The molecular weight excluding hydrogens is 369 g/mol. The van der Waals surface area contributed by atoms with Crippen LogP contribution in [0, 0.1) is 19.7 Å². The number of rotatable bonds is 5. The molecule has 1 amide bonds. The Bertz CT molecular complexity index is 1010. The van der Waals surface area contributed by atoms with Crippen LogP contribution in [0.1, 0.15) is 33.2 Å². The molecule has 1 aliphatic rings. The number of carbonyl (C=O) groups is 1. The van der Waals surface area contributed by atoms with Gasteiger partial charge in [-0.3, -0.25) is 9.69 Å². The third kappa shape index (κ3) is 4.18. The highest BCUT2D eigenvalue weighted by atomic mass is 19.1. The molecule has 1 atom stereocenters. The normalized spacial score (nSPS) is 16.1. The Labute approximate surface area is 169 Å². The van der Waals surface area contributed by atoms with Crippen LogP contribution in [0.3, 0.4) is 0 Å². The Morgan fingerprint density at radius 3 is 2.62 bits per heavy atom. The first-order valence-electron chi connectivity index (χ1n) is 9.97. The number of nitrogens with zero attached hydrogens (tertiary/aromatic N) is 1. The maximum absolute atomic E-state index is 13.4. The Hall–Kier alpha value is -2.70.